The molecule has 132 valence electrons. The third-order valence-corrected chi connectivity index (χ3v) is 8.87. The second-order valence-electron chi connectivity index (χ2n) is 9.48. The molecule has 5 rings (SSSR count). The largest absolute Gasteiger partial charge is 0.481 e. The number of aliphatic hydroxyl groups excluding tert-OH is 1. The maximum absolute atomic E-state index is 12.7. The highest BCUT2D eigenvalue weighted by Gasteiger charge is 2.83. The van der Waals surface area contributed by atoms with Gasteiger partial charge in [-0.25, -0.2) is 0 Å². The number of ether oxygens (including phenoxy) is 1. The molecule has 0 aromatic carbocycles. The standard InChI is InChI=1S/C19H26O5/c1-9-7-18-8-10(9)3-4-11(18)19-6-5-12(20)17(2,16(23)24-19)14(19)13(18)15(21)22/h9-14,20H,3-8H2,1-2H3,(H,21,22)/t9?,10-,11?,12+,13-,14-,17?,18+,19+/m1/s1. The van der Waals surface area contributed by atoms with Crippen LogP contribution in [-0.2, 0) is 14.3 Å². The Balaban J connectivity index is 1.74. The minimum absolute atomic E-state index is 0.149. The number of rotatable bonds is 1. The number of hydrogen-bond donors (Lipinski definition) is 2. The summed E-state index contributed by atoms with van der Waals surface area (Å²) in [4.78, 5) is 25.2. The van der Waals surface area contributed by atoms with Crippen LogP contribution in [0.5, 0.6) is 0 Å². The molecule has 0 aromatic rings. The van der Waals surface area contributed by atoms with E-state index in [0.29, 0.717) is 24.7 Å². The summed E-state index contributed by atoms with van der Waals surface area (Å²) in [6.07, 6.45) is 4.34. The summed E-state index contributed by atoms with van der Waals surface area (Å²) in [5.74, 6) is -0.816. The third kappa shape index (κ3) is 1.33. The average molecular weight is 334 g/mol. The fourth-order valence-corrected chi connectivity index (χ4v) is 8.08. The normalized spacial score (nSPS) is 60.5. The van der Waals surface area contributed by atoms with Crippen molar-refractivity contribution >= 4 is 11.9 Å². The smallest absolute Gasteiger partial charge is 0.315 e. The van der Waals surface area contributed by atoms with Crippen molar-refractivity contribution in [1.29, 1.82) is 0 Å². The maximum Gasteiger partial charge on any atom is 0.315 e. The number of carbonyl (C=O) groups is 2. The van der Waals surface area contributed by atoms with Crippen molar-refractivity contribution in [3.63, 3.8) is 0 Å². The van der Waals surface area contributed by atoms with Gasteiger partial charge in [-0.05, 0) is 62.7 Å². The van der Waals surface area contributed by atoms with Crippen molar-refractivity contribution in [2.75, 3.05) is 0 Å². The molecule has 1 spiro atoms. The Morgan fingerprint density at radius 1 is 1.25 bits per heavy atom. The fraction of sp³-hybridized carbons (Fsp3) is 0.895. The van der Waals surface area contributed by atoms with Gasteiger partial charge in [0, 0.05) is 11.8 Å². The molecule has 1 aliphatic heterocycles. The summed E-state index contributed by atoms with van der Waals surface area (Å²) < 4.78 is 6.04. The SMILES string of the molecule is CC1C[C@]23C[C@H]1CCC2[C@]12CC[C@H](O)C(C)(C(=O)O1)[C@H]2[C@@H]3C(=O)O. The maximum atomic E-state index is 12.7. The highest BCUT2D eigenvalue weighted by atomic mass is 16.6. The van der Waals surface area contributed by atoms with E-state index in [1.54, 1.807) is 6.92 Å². The monoisotopic (exact) mass is 334 g/mol. The van der Waals surface area contributed by atoms with E-state index in [2.05, 4.69) is 6.92 Å². The highest BCUT2D eigenvalue weighted by molar-refractivity contribution is 5.85. The first-order chi connectivity index (χ1) is 11.3. The molecule has 4 bridgehead atoms. The first kappa shape index (κ1) is 15.2. The van der Waals surface area contributed by atoms with Crippen LogP contribution in [0.4, 0.5) is 0 Å². The number of aliphatic hydroxyl groups is 1. The van der Waals surface area contributed by atoms with E-state index in [9.17, 15) is 19.8 Å². The van der Waals surface area contributed by atoms with E-state index < -0.39 is 29.0 Å². The number of fused-ring (bicyclic) bond motifs is 1. The second-order valence-corrected chi connectivity index (χ2v) is 9.48. The number of esters is 1. The fourth-order valence-electron chi connectivity index (χ4n) is 8.08. The van der Waals surface area contributed by atoms with Crippen LogP contribution in [0.25, 0.3) is 0 Å². The molecule has 0 aromatic heterocycles. The van der Waals surface area contributed by atoms with Crippen molar-refractivity contribution in [2.45, 2.75) is 64.1 Å². The summed E-state index contributed by atoms with van der Waals surface area (Å²) in [6.45, 7) is 4.01. The number of carbonyl (C=O) groups excluding carboxylic acids is 1. The van der Waals surface area contributed by atoms with Crippen LogP contribution in [0, 0.1) is 40.4 Å². The Bertz CT molecular complexity index is 642. The van der Waals surface area contributed by atoms with Crippen molar-refractivity contribution < 1.29 is 24.5 Å². The molecular formula is C19H26O5. The van der Waals surface area contributed by atoms with Crippen LogP contribution in [0.1, 0.15) is 52.4 Å². The minimum atomic E-state index is -1.06. The Hall–Kier alpha value is -1.10. The van der Waals surface area contributed by atoms with Crippen LogP contribution < -0.4 is 0 Å². The van der Waals surface area contributed by atoms with Crippen LogP contribution in [-0.4, -0.2) is 33.9 Å². The number of hydrogen-bond acceptors (Lipinski definition) is 4. The highest BCUT2D eigenvalue weighted by Crippen LogP contribution is 2.77. The topological polar surface area (TPSA) is 83.8 Å². The van der Waals surface area contributed by atoms with E-state index in [0.717, 1.165) is 25.7 Å². The molecule has 5 aliphatic rings. The van der Waals surface area contributed by atoms with E-state index in [1.807, 2.05) is 0 Å². The van der Waals surface area contributed by atoms with Crippen LogP contribution in [0.3, 0.4) is 0 Å². The van der Waals surface area contributed by atoms with E-state index in [4.69, 9.17) is 4.74 Å². The Morgan fingerprint density at radius 2 is 2.00 bits per heavy atom. The van der Waals surface area contributed by atoms with Gasteiger partial charge in [0.1, 0.15) is 5.60 Å². The predicted octanol–water partition coefficient (Wildman–Crippen LogP) is 2.22. The first-order valence-corrected chi connectivity index (χ1v) is 9.41. The average Bonchev–Trinajstić information content (AvgIpc) is 2.98. The Morgan fingerprint density at radius 3 is 2.71 bits per heavy atom. The quantitative estimate of drug-likeness (QED) is 0.718. The van der Waals surface area contributed by atoms with Crippen molar-refractivity contribution in [2.24, 2.45) is 40.4 Å². The zero-order valence-electron chi connectivity index (χ0n) is 14.3. The summed E-state index contributed by atoms with van der Waals surface area (Å²) in [5.41, 5.74) is -1.96. The molecule has 1 saturated heterocycles. The molecule has 1 heterocycles. The number of carboxylic acid groups (broad SMARTS) is 1. The molecular weight excluding hydrogens is 308 g/mol. The van der Waals surface area contributed by atoms with E-state index >= 15 is 0 Å². The summed E-state index contributed by atoms with van der Waals surface area (Å²) in [6, 6.07) is 0. The Kier molecular flexibility index (Phi) is 2.64. The summed E-state index contributed by atoms with van der Waals surface area (Å²) in [7, 11) is 0. The molecule has 4 saturated carbocycles. The second kappa shape index (κ2) is 4.17. The minimum Gasteiger partial charge on any atom is -0.481 e. The lowest BCUT2D eigenvalue weighted by Gasteiger charge is -2.44. The molecule has 0 radical (unpaired) electrons. The van der Waals surface area contributed by atoms with Gasteiger partial charge in [-0.2, -0.15) is 0 Å². The zero-order chi connectivity index (χ0) is 17.1. The van der Waals surface area contributed by atoms with Crippen molar-refractivity contribution in [1.82, 2.24) is 0 Å². The van der Waals surface area contributed by atoms with Crippen LogP contribution in [0.15, 0.2) is 0 Å². The van der Waals surface area contributed by atoms with Gasteiger partial charge in [0.05, 0.1) is 17.4 Å². The molecule has 5 nitrogen and oxygen atoms in total. The lowest BCUT2D eigenvalue weighted by Crippen LogP contribution is -2.53. The van der Waals surface area contributed by atoms with Crippen molar-refractivity contribution in [3.05, 3.63) is 0 Å². The summed E-state index contributed by atoms with van der Waals surface area (Å²) >= 11 is 0. The first-order valence-electron chi connectivity index (χ1n) is 9.41. The molecule has 0 amide bonds. The molecule has 3 unspecified atom stereocenters. The molecule has 5 heteroatoms. The lowest BCUT2D eigenvalue weighted by molar-refractivity contribution is -0.162. The summed E-state index contributed by atoms with van der Waals surface area (Å²) in [5, 5.41) is 20.8. The third-order valence-electron chi connectivity index (χ3n) is 8.87. The van der Waals surface area contributed by atoms with Gasteiger partial charge in [0.15, 0.2) is 0 Å². The molecule has 5 fully saturated rings. The molecule has 4 aliphatic carbocycles. The molecule has 9 atom stereocenters. The number of carboxylic acids is 1. The molecule has 24 heavy (non-hydrogen) atoms. The van der Waals surface area contributed by atoms with Gasteiger partial charge >= 0.3 is 11.9 Å². The molecule has 2 N–H and O–H groups in total. The van der Waals surface area contributed by atoms with Crippen LogP contribution >= 0.6 is 0 Å². The van der Waals surface area contributed by atoms with Gasteiger partial charge in [-0.1, -0.05) is 6.92 Å². The van der Waals surface area contributed by atoms with Gasteiger partial charge in [0.2, 0.25) is 0 Å². The van der Waals surface area contributed by atoms with Crippen molar-refractivity contribution in [3.8, 4) is 0 Å². The van der Waals surface area contributed by atoms with E-state index in [-0.39, 0.29) is 23.2 Å². The van der Waals surface area contributed by atoms with E-state index in [1.165, 1.54) is 0 Å². The predicted molar refractivity (Wildman–Crippen MR) is 83.8 cm³/mol. The van der Waals surface area contributed by atoms with Gasteiger partial charge in [-0.15, -0.1) is 0 Å². The zero-order valence-corrected chi connectivity index (χ0v) is 14.3. The number of aliphatic carboxylic acids is 1. The van der Waals surface area contributed by atoms with Gasteiger partial charge in [0.25, 0.3) is 0 Å². The van der Waals surface area contributed by atoms with Gasteiger partial charge < -0.3 is 14.9 Å². The Labute approximate surface area is 141 Å². The van der Waals surface area contributed by atoms with Gasteiger partial charge in [-0.3, -0.25) is 9.59 Å². The lowest BCUT2D eigenvalue weighted by atomic mass is 9.59. The van der Waals surface area contributed by atoms with Crippen LogP contribution in [0.2, 0.25) is 0 Å².